The lowest BCUT2D eigenvalue weighted by molar-refractivity contribution is -0.118. The fourth-order valence-electron chi connectivity index (χ4n) is 4.06. The van der Waals surface area contributed by atoms with Gasteiger partial charge >= 0.3 is 0 Å². The number of rotatable bonds is 6. The van der Waals surface area contributed by atoms with E-state index in [1.807, 2.05) is 6.92 Å². The standard InChI is InChI=1S/C24H31N3O3S2/c1-17-3-5-20(6-4-17)15-27-11-9-19(10-12-27)14-25-32(29,30)21-7-8-23-22(13-21)26-24(28)18(2)16-31-23/h3-8,13,18-19,25H,9-12,14-16H2,1-2H3,(H,26,28)/t18-/m1/s1. The van der Waals surface area contributed by atoms with Gasteiger partial charge in [-0.25, -0.2) is 13.1 Å². The van der Waals surface area contributed by atoms with Gasteiger partial charge in [0.1, 0.15) is 0 Å². The number of nitrogens with one attached hydrogen (secondary N) is 2. The van der Waals surface area contributed by atoms with Gasteiger partial charge in [-0.15, -0.1) is 11.8 Å². The third-order valence-corrected chi connectivity index (χ3v) is 9.01. The monoisotopic (exact) mass is 473 g/mol. The van der Waals surface area contributed by atoms with Crippen molar-refractivity contribution in [2.45, 2.75) is 43.0 Å². The summed E-state index contributed by atoms with van der Waals surface area (Å²) in [4.78, 5) is 15.7. The zero-order valence-electron chi connectivity index (χ0n) is 18.6. The van der Waals surface area contributed by atoms with Crippen LogP contribution in [0.1, 0.15) is 30.9 Å². The highest BCUT2D eigenvalue weighted by molar-refractivity contribution is 7.99. The molecule has 2 heterocycles. The van der Waals surface area contributed by atoms with Crippen molar-refractivity contribution in [3.05, 3.63) is 53.6 Å². The SMILES string of the molecule is Cc1ccc(CN2CCC(CNS(=O)(=O)c3ccc4c(c3)NC(=O)[C@H](C)CS4)CC2)cc1. The van der Waals surface area contributed by atoms with Gasteiger partial charge in [-0.3, -0.25) is 9.69 Å². The second-order valence-corrected chi connectivity index (χ2v) is 11.7. The highest BCUT2D eigenvalue weighted by atomic mass is 32.2. The molecule has 0 aromatic heterocycles. The maximum Gasteiger partial charge on any atom is 0.240 e. The van der Waals surface area contributed by atoms with Gasteiger partial charge in [0.15, 0.2) is 0 Å². The smallest absolute Gasteiger partial charge is 0.240 e. The molecule has 32 heavy (non-hydrogen) atoms. The Morgan fingerprint density at radius 2 is 1.84 bits per heavy atom. The van der Waals surface area contributed by atoms with Gasteiger partial charge < -0.3 is 5.32 Å². The van der Waals surface area contributed by atoms with E-state index in [1.165, 1.54) is 11.1 Å². The molecular weight excluding hydrogens is 442 g/mol. The lowest BCUT2D eigenvalue weighted by atomic mass is 9.97. The van der Waals surface area contributed by atoms with Crippen molar-refractivity contribution in [1.82, 2.24) is 9.62 Å². The van der Waals surface area contributed by atoms with Crippen LogP contribution in [0, 0.1) is 18.8 Å². The predicted octanol–water partition coefficient (Wildman–Crippen LogP) is 3.87. The number of carbonyl (C=O) groups excluding carboxylic acids is 1. The molecule has 172 valence electrons. The Labute approximate surface area is 195 Å². The minimum Gasteiger partial charge on any atom is -0.325 e. The third-order valence-electron chi connectivity index (χ3n) is 6.25. The van der Waals surface area contributed by atoms with E-state index >= 15 is 0 Å². The lowest BCUT2D eigenvalue weighted by Crippen LogP contribution is -2.38. The lowest BCUT2D eigenvalue weighted by Gasteiger charge is -2.32. The van der Waals surface area contributed by atoms with Crippen LogP contribution in [0.15, 0.2) is 52.3 Å². The normalized spacial score (nSPS) is 20.4. The molecule has 0 spiro atoms. The van der Waals surface area contributed by atoms with Crippen molar-refractivity contribution < 1.29 is 13.2 Å². The second-order valence-electron chi connectivity index (χ2n) is 8.92. The molecule has 0 radical (unpaired) electrons. The summed E-state index contributed by atoms with van der Waals surface area (Å²) in [5.74, 6) is 0.834. The molecular formula is C24H31N3O3S2. The van der Waals surface area contributed by atoms with E-state index in [0.29, 0.717) is 23.9 Å². The molecule has 2 aliphatic heterocycles. The molecule has 2 aromatic rings. The van der Waals surface area contributed by atoms with E-state index in [1.54, 1.807) is 30.0 Å². The van der Waals surface area contributed by atoms with Crippen LogP contribution in [-0.2, 0) is 21.4 Å². The summed E-state index contributed by atoms with van der Waals surface area (Å²) in [7, 11) is -3.63. The molecule has 0 unspecified atom stereocenters. The van der Waals surface area contributed by atoms with E-state index in [2.05, 4.69) is 46.1 Å². The Bertz CT molecular complexity index is 1060. The minimum absolute atomic E-state index is 0.0730. The number of hydrogen-bond donors (Lipinski definition) is 2. The molecule has 2 aliphatic rings. The highest BCUT2D eigenvalue weighted by Crippen LogP contribution is 2.34. The van der Waals surface area contributed by atoms with Crippen LogP contribution in [0.4, 0.5) is 5.69 Å². The van der Waals surface area contributed by atoms with Crippen molar-refractivity contribution >= 4 is 33.4 Å². The first kappa shape index (κ1) is 23.3. The van der Waals surface area contributed by atoms with Crippen LogP contribution in [0.3, 0.4) is 0 Å². The number of nitrogens with zero attached hydrogens (tertiary/aromatic N) is 1. The number of likely N-dealkylation sites (tertiary alicyclic amines) is 1. The first-order valence-electron chi connectivity index (χ1n) is 11.2. The van der Waals surface area contributed by atoms with Crippen molar-refractivity contribution in [2.75, 3.05) is 30.7 Å². The Kier molecular flexibility index (Phi) is 7.24. The number of fused-ring (bicyclic) bond motifs is 1. The van der Waals surface area contributed by atoms with Crippen LogP contribution >= 0.6 is 11.8 Å². The van der Waals surface area contributed by atoms with E-state index in [9.17, 15) is 13.2 Å². The zero-order valence-corrected chi connectivity index (χ0v) is 20.3. The highest BCUT2D eigenvalue weighted by Gasteiger charge is 2.25. The number of thioether (sulfide) groups is 1. The largest absolute Gasteiger partial charge is 0.325 e. The van der Waals surface area contributed by atoms with Gasteiger partial charge in [0.25, 0.3) is 0 Å². The Morgan fingerprint density at radius 3 is 2.56 bits per heavy atom. The maximum absolute atomic E-state index is 12.9. The van der Waals surface area contributed by atoms with Crippen LogP contribution in [0.2, 0.25) is 0 Å². The second kappa shape index (κ2) is 9.95. The van der Waals surface area contributed by atoms with Crippen molar-refractivity contribution in [3.63, 3.8) is 0 Å². The van der Waals surface area contributed by atoms with Gasteiger partial charge in [0.2, 0.25) is 15.9 Å². The van der Waals surface area contributed by atoms with Crippen LogP contribution in [0.25, 0.3) is 0 Å². The number of piperidine rings is 1. The molecule has 1 fully saturated rings. The molecule has 8 heteroatoms. The molecule has 2 aromatic carbocycles. The van der Waals surface area contributed by atoms with Crippen LogP contribution in [-0.4, -0.2) is 44.6 Å². The van der Waals surface area contributed by atoms with Gasteiger partial charge in [-0.1, -0.05) is 36.8 Å². The number of anilines is 1. The Hall–Kier alpha value is -1.87. The average molecular weight is 474 g/mol. The molecule has 0 aliphatic carbocycles. The van der Waals surface area contributed by atoms with Crippen molar-refractivity contribution in [2.24, 2.45) is 11.8 Å². The summed E-state index contributed by atoms with van der Waals surface area (Å²) in [6, 6.07) is 13.6. The molecule has 1 amide bonds. The third kappa shape index (κ3) is 5.73. The Balaban J connectivity index is 1.31. The van der Waals surface area contributed by atoms with E-state index in [0.717, 1.165) is 37.4 Å². The number of aryl methyl sites for hydroxylation is 1. The van der Waals surface area contributed by atoms with Gasteiger partial charge in [-0.05, 0) is 62.5 Å². The predicted molar refractivity (Wildman–Crippen MR) is 129 cm³/mol. The van der Waals surface area contributed by atoms with Gasteiger partial charge in [0.05, 0.1) is 10.6 Å². The molecule has 6 nitrogen and oxygen atoms in total. The Morgan fingerprint density at radius 1 is 1.12 bits per heavy atom. The fourth-order valence-corrected chi connectivity index (χ4v) is 6.21. The quantitative estimate of drug-likeness (QED) is 0.666. The van der Waals surface area contributed by atoms with Gasteiger partial charge in [0, 0.05) is 29.7 Å². The molecule has 1 saturated heterocycles. The molecule has 0 saturated carbocycles. The molecule has 0 bridgehead atoms. The first-order valence-corrected chi connectivity index (χ1v) is 13.6. The van der Waals surface area contributed by atoms with E-state index in [-0.39, 0.29) is 16.7 Å². The summed E-state index contributed by atoms with van der Waals surface area (Å²) in [6.07, 6.45) is 1.95. The van der Waals surface area contributed by atoms with Crippen molar-refractivity contribution in [3.8, 4) is 0 Å². The summed E-state index contributed by atoms with van der Waals surface area (Å²) < 4.78 is 28.6. The molecule has 1 atom stereocenters. The zero-order chi connectivity index (χ0) is 22.7. The minimum atomic E-state index is -3.63. The van der Waals surface area contributed by atoms with Crippen molar-refractivity contribution in [1.29, 1.82) is 0 Å². The number of sulfonamides is 1. The van der Waals surface area contributed by atoms with Crippen LogP contribution in [0.5, 0.6) is 0 Å². The van der Waals surface area contributed by atoms with E-state index < -0.39 is 10.0 Å². The summed E-state index contributed by atoms with van der Waals surface area (Å²) in [5.41, 5.74) is 3.17. The molecule has 4 rings (SSSR count). The number of hydrogen-bond acceptors (Lipinski definition) is 5. The fraction of sp³-hybridized carbons (Fsp3) is 0.458. The number of carbonyl (C=O) groups is 1. The molecule has 2 N–H and O–H groups in total. The van der Waals surface area contributed by atoms with E-state index in [4.69, 9.17) is 0 Å². The number of benzene rings is 2. The van der Waals surface area contributed by atoms with Gasteiger partial charge in [-0.2, -0.15) is 0 Å². The number of amides is 1. The van der Waals surface area contributed by atoms with Crippen LogP contribution < -0.4 is 10.0 Å². The summed E-state index contributed by atoms with van der Waals surface area (Å²) in [6.45, 7) is 7.30. The summed E-state index contributed by atoms with van der Waals surface area (Å²) in [5, 5.41) is 2.86. The average Bonchev–Trinajstić information content (AvgIpc) is 2.92. The summed E-state index contributed by atoms with van der Waals surface area (Å²) >= 11 is 1.57. The first-order chi connectivity index (χ1) is 15.3. The topological polar surface area (TPSA) is 78.5 Å². The maximum atomic E-state index is 12.9.